The summed E-state index contributed by atoms with van der Waals surface area (Å²) in [5, 5.41) is 8.55. The van der Waals surface area contributed by atoms with Gasteiger partial charge in [0.15, 0.2) is 5.82 Å². The Bertz CT molecular complexity index is 818. The van der Waals surface area contributed by atoms with E-state index in [-0.39, 0.29) is 5.91 Å². The SMILES string of the molecule is CCn1ccc(NC(=O)c2cc3c(Cl)cccc3n2C)n1. The molecule has 0 unspecified atom stereocenters. The molecule has 0 spiro atoms. The highest BCUT2D eigenvalue weighted by atomic mass is 35.5. The lowest BCUT2D eigenvalue weighted by Gasteiger charge is -2.04. The number of fused-ring (bicyclic) bond motifs is 1. The first-order chi connectivity index (χ1) is 10.1. The van der Waals surface area contributed by atoms with Crippen molar-refractivity contribution < 1.29 is 4.79 Å². The van der Waals surface area contributed by atoms with Crippen molar-refractivity contribution in [2.75, 3.05) is 5.32 Å². The summed E-state index contributed by atoms with van der Waals surface area (Å²) in [6, 6.07) is 9.19. The third kappa shape index (κ3) is 2.40. The third-order valence-electron chi connectivity index (χ3n) is 3.47. The number of amides is 1. The smallest absolute Gasteiger partial charge is 0.273 e. The number of aromatic nitrogens is 3. The van der Waals surface area contributed by atoms with E-state index in [9.17, 15) is 4.79 Å². The molecule has 1 N–H and O–H groups in total. The summed E-state index contributed by atoms with van der Waals surface area (Å²) in [7, 11) is 1.85. The number of aryl methyl sites for hydroxylation is 2. The molecule has 0 saturated heterocycles. The third-order valence-corrected chi connectivity index (χ3v) is 3.80. The minimum absolute atomic E-state index is 0.203. The van der Waals surface area contributed by atoms with Crippen LogP contribution in [0, 0.1) is 0 Å². The molecule has 2 aromatic heterocycles. The van der Waals surface area contributed by atoms with Gasteiger partial charge in [-0.25, -0.2) is 0 Å². The number of halogens is 1. The Balaban J connectivity index is 1.94. The maximum Gasteiger partial charge on any atom is 0.273 e. The van der Waals surface area contributed by atoms with E-state index >= 15 is 0 Å². The number of rotatable bonds is 3. The molecule has 108 valence electrons. The van der Waals surface area contributed by atoms with Crippen molar-refractivity contribution >= 4 is 34.2 Å². The number of carbonyl (C=O) groups excluding carboxylic acids is 1. The first kappa shape index (κ1) is 13.7. The number of hydrogen-bond donors (Lipinski definition) is 1. The molecule has 3 aromatic rings. The van der Waals surface area contributed by atoms with Gasteiger partial charge in [-0.2, -0.15) is 5.10 Å². The average molecular weight is 303 g/mol. The van der Waals surface area contributed by atoms with Crippen LogP contribution in [0.15, 0.2) is 36.5 Å². The topological polar surface area (TPSA) is 51.9 Å². The number of benzene rings is 1. The van der Waals surface area contributed by atoms with E-state index < -0.39 is 0 Å². The average Bonchev–Trinajstić information content (AvgIpc) is 3.05. The van der Waals surface area contributed by atoms with Crippen LogP contribution in [0.2, 0.25) is 5.02 Å². The largest absolute Gasteiger partial charge is 0.340 e. The second-order valence-corrected chi connectivity index (χ2v) is 5.18. The van der Waals surface area contributed by atoms with Crippen molar-refractivity contribution in [1.29, 1.82) is 0 Å². The van der Waals surface area contributed by atoms with Gasteiger partial charge in [0.1, 0.15) is 5.69 Å². The molecule has 2 heterocycles. The van der Waals surface area contributed by atoms with Crippen LogP contribution >= 0.6 is 11.6 Å². The fraction of sp³-hybridized carbons (Fsp3) is 0.200. The highest BCUT2D eigenvalue weighted by Crippen LogP contribution is 2.26. The summed E-state index contributed by atoms with van der Waals surface area (Å²) in [6.45, 7) is 2.75. The first-order valence-electron chi connectivity index (χ1n) is 6.69. The predicted molar refractivity (Wildman–Crippen MR) is 83.8 cm³/mol. The minimum atomic E-state index is -0.203. The van der Waals surface area contributed by atoms with E-state index in [0.717, 1.165) is 17.4 Å². The number of nitrogens with one attached hydrogen (secondary N) is 1. The lowest BCUT2D eigenvalue weighted by molar-refractivity contribution is 0.101. The Labute approximate surface area is 127 Å². The lowest BCUT2D eigenvalue weighted by atomic mass is 10.2. The van der Waals surface area contributed by atoms with Gasteiger partial charge in [0, 0.05) is 41.8 Å². The van der Waals surface area contributed by atoms with Crippen LogP contribution in [-0.2, 0) is 13.6 Å². The van der Waals surface area contributed by atoms with Crippen molar-refractivity contribution in [3.8, 4) is 0 Å². The Kier molecular flexibility index (Phi) is 3.43. The number of carbonyl (C=O) groups is 1. The van der Waals surface area contributed by atoms with Crippen LogP contribution in [-0.4, -0.2) is 20.3 Å². The molecular weight excluding hydrogens is 288 g/mol. The molecule has 21 heavy (non-hydrogen) atoms. The molecule has 0 saturated carbocycles. The Morgan fingerprint density at radius 1 is 1.38 bits per heavy atom. The second-order valence-electron chi connectivity index (χ2n) is 4.77. The fourth-order valence-corrected chi connectivity index (χ4v) is 2.55. The number of nitrogens with zero attached hydrogens (tertiary/aromatic N) is 3. The number of hydrogen-bond acceptors (Lipinski definition) is 2. The molecule has 0 aliphatic heterocycles. The van der Waals surface area contributed by atoms with Gasteiger partial charge in [-0.3, -0.25) is 9.48 Å². The number of anilines is 1. The summed E-state index contributed by atoms with van der Waals surface area (Å²) < 4.78 is 3.58. The van der Waals surface area contributed by atoms with E-state index in [1.165, 1.54) is 0 Å². The van der Waals surface area contributed by atoms with Crippen molar-refractivity contribution in [2.24, 2.45) is 7.05 Å². The van der Waals surface area contributed by atoms with E-state index in [1.807, 2.05) is 42.9 Å². The van der Waals surface area contributed by atoms with Gasteiger partial charge >= 0.3 is 0 Å². The van der Waals surface area contributed by atoms with E-state index in [0.29, 0.717) is 16.5 Å². The molecule has 0 radical (unpaired) electrons. The van der Waals surface area contributed by atoms with Crippen LogP contribution in [0.1, 0.15) is 17.4 Å². The molecule has 3 rings (SSSR count). The Morgan fingerprint density at radius 2 is 2.19 bits per heavy atom. The van der Waals surface area contributed by atoms with Crippen LogP contribution in [0.25, 0.3) is 10.9 Å². The molecule has 0 bridgehead atoms. The predicted octanol–water partition coefficient (Wildman–Crippen LogP) is 3.30. The van der Waals surface area contributed by atoms with Gasteiger partial charge in [0.2, 0.25) is 0 Å². The van der Waals surface area contributed by atoms with Crippen LogP contribution in [0.4, 0.5) is 5.82 Å². The molecule has 0 aliphatic carbocycles. The molecule has 6 heteroatoms. The van der Waals surface area contributed by atoms with E-state index in [1.54, 1.807) is 16.8 Å². The first-order valence-corrected chi connectivity index (χ1v) is 7.06. The maximum atomic E-state index is 12.4. The molecule has 0 atom stereocenters. The fourth-order valence-electron chi connectivity index (χ4n) is 2.33. The zero-order valence-corrected chi connectivity index (χ0v) is 12.6. The monoisotopic (exact) mass is 302 g/mol. The van der Waals surface area contributed by atoms with Crippen molar-refractivity contribution in [1.82, 2.24) is 14.3 Å². The van der Waals surface area contributed by atoms with Crippen molar-refractivity contribution in [3.05, 3.63) is 47.2 Å². The quantitative estimate of drug-likeness (QED) is 0.807. The van der Waals surface area contributed by atoms with Crippen molar-refractivity contribution in [3.63, 3.8) is 0 Å². The summed E-state index contributed by atoms with van der Waals surface area (Å²) in [5.41, 5.74) is 1.47. The Hall–Kier alpha value is -2.27. The van der Waals surface area contributed by atoms with E-state index in [4.69, 9.17) is 11.6 Å². The van der Waals surface area contributed by atoms with Crippen LogP contribution < -0.4 is 5.32 Å². The second kappa shape index (κ2) is 5.26. The zero-order chi connectivity index (χ0) is 15.0. The Morgan fingerprint density at radius 3 is 2.86 bits per heavy atom. The summed E-state index contributed by atoms with van der Waals surface area (Å²) in [6.07, 6.45) is 1.83. The molecule has 1 amide bonds. The van der Waals surface area contributed by atoms with Crippen LogP contribution in [0.5, 0.6) is 0 Å². The highest BCUT2D eigenvalue weighted by molar-refractivity contribution is 6.35. The van der Waals surface area contributed by atoms with Gasteiger partial charge in [0.05, 0.1) is 0 Å². The summed E-state index contributed by atoms with van der Waals surface area (Å²) in [5.74, 6) is 0.337. The van der Waals surface area contributed by atoms with Crippen molar-refractivity contribution in [2.45, 2.75) is 13.5 Å². The highest BCUT2D eigenvalue weighted by Gasteiger charge is 2.15. The molecule has 1 aromatic carbocycles. The molecule has 5 nitrogen and oxygen atoms in total. The normalized spacial score (nSPS) is 11.0. The summed E-state index contributed by atoms with van der Waals surface area (Å²) in [4.78, 5) is 12.4. The van der Waals surface area contributed by atoms with Gasteiger partial charge in [-0.1, -0.05) is 17.7 Å². The van der Waals surface area contributed by atoms with Crippen LogP contribution in [0.3, 0.4) is 0 Å². The van der Waals surface area contributed by atoms with E-state index in [2.05, 4.69) is 10.4 Å². The zero-order valence-electron chi connectivity index (χ0n) is 11.8. The molecule has 0 fully saturated rings. The van der Waals surface area contributed by atoms with Gasteiger partial charge in [-0.05, 0) is 25.1 Å². The van der Waals surface area contributed by atoms with Gasteiger partial charge < -0.3 is 9.88 Å². The maximum absolute atomic E-state index is 12.4. The minimum Gasteiger partial charge on any atom is -0.340 e. The standard InChI is InChI=1S/C15H15ClN4O/c1-3-20-8-7-14(18-20)17-15(21)13-9-10-11(16)5-4-6-12(10)19(13)2/h4-9H,3H2,1-2H3,(H,17,18,21). The molecule has 0 aliphatic rings. The summed E-state index contributed by atoms with van der Waals surface area (Å²) >= 11 is 6.17. The van der Waals surface area contributed by atoms with Gasteiger partial charge in [0.25, 0.3) is 5.91 Å². The van der Waals surface area contributed by atoms with Gasteiger partial charge in [-0.15, -0.1) is 0 Å². The molecular formula is C15H15ClN4O. The lowest BCUT2D eigenvalue weighted by Crippen LogP contribution is -2.16.